The zero-order chi connectivity index (χ0) is 39.9. The SMILES string of the molecule is Cc1cccc2c1-c1ccc(N(c3ccc(-c4ccc(C5CCCCC5)cc4)cc3)c3ccc(-c4ccccc4-c4ccccc4-c4ccccc4)cc3)cc1C2(C)C. The van der Waals surface area contributed by atoms with Crippen molar-refractivity contribution in [3.05, 3.63) is 210 Å². The van der Waals surface area contributed by atoms with Gasteiger partial charge in [0.15, 0.2) is 0 Å². The first kappa shape index (κ1) is 36.9. The molecule has 1 saturated carbocycles. The monoisotopic (exact) mass is 761 g/mol. The molecular weight excluding hydrogens is 711 g/mol. The molecular formula is C58H51N. The van der Waals surface area contributed by atoms with E-state index in [1.165, 1.54) is 110 Å². The highest BCUT2D eigenvalue weighted by Crippen LogP contribution is 2.52. The lowest BCUT2D eigenvalue weighted by Gasteiger charge is -2.28. The molecule has 0 spiro atoms. The predicted molar refractivity (Wildman–Crippen MR) is 251 cm³/mol. The Bertz CT molecular complexity index is 2750. The molecule has 288 valence electrons. The highest BCUT2D eigenvalue weighted by atomic mass is 15.1. The molecule has 0 N–H and O–H groups in total. The second-order valence-corrected chi connectivity index (χ2v) is 17.2. The average Bonchev–Trinajstić information content (AvgIpc) is 3.53. The van der Waals surface area contributed by atoms with Crippen molar-refractivity contribution in [1.82, 2.24) is 0 Å². The summed E-state index contributed by atoms with van der Waals surface area (Å²) in [6, 6.07) is 70.0. The van der Waals surface area contributed by atoms with E-state index in [0.717, 1.165) is 17.1 Å². The summed E-state index contributed by atoms with van der Waals surface area (Å²) in [5, 5.41) is 0. The van der Waals surface area contributed by atoms with Gasteiger partial charge < -0.3 is 4.90 Å². The van der Waals surface area contributed by atoms with E-state index in [0.29, 0.717) is 5.92 Å². The molecule has 2 aliphatic carbocycles. The first-order chi connectivity index (χ1) is 28.9. The molecule has 0 atom stereocenters. The van der Waals surface area contributed by atoms with Crippen molar-refractivity contribution < 1.29 is 0 Å². The molecule has 0 bridgehead atoms. The van der Waals surface area contributed by atoms with Crippen LogP contribution in [0.3, 0.4) is 0 Å². The highest BCUT2D eigenvalue weighted by Gasteiger charge is 2.36. The summed E-state index contributed by atoms with van der Waals surface area (Å²) in [4.78, 5) is 2.43. The van der Waals surface area contributed by atoms with Gasteiger partial charge in [0.25, 0.3) is 0 Å². The van der Waals surface area contributed by atoms with E-state index in [1.807, 2.05) is 0 Å². The van der Waals surface area contributed by atoms with Gasteiger partial charge in [-0.25, -0.2) is 0 Å². The number of hydrogen-bond acceptors (Lipinski definition) is 1. The molecule has 1 nitrogen and oxygen atoms in total. The molecule has 1 heteroatoms. The molecule has 8 aromatic rings. The second-order valence-electron chi connectivity index (χ2n) is 17.2. The Balaban J connectivity index is 1.04. The van der Waals surface area contributed by atoms with Crippen LogP contribution < -0.4 is 4.90 Å². The van der Waals surface area contributed by atoms with Crippen LogP contribution >= 0.6 is 0 Å². The van der Waals surface area contributed by atoms with Crippen LogP contribution in [0.5, 0.6) is 0 Å². The average molecular weight is 762 g/mol. The van der Waals surface area contributed by atoms with Gasteiger partial charge in [-0.3, -0.25) is 0 Å². The zero-order valence-electron chi connectivity index (χ0n) is 34.5. The molecule has 0 aliphatic heterocycles. The molecule has 0 aromatic heterocycles. The Morgan fingerprint density at radius 1 is 0.407 bits per heavy atom. The van der Waals surface area contributed by atoms with Crippen LogP contribution in [0.4, 0.5) is 17.1 Å². The summed E-state index contributed by atoms with van der Waals surface area (Å²) in [5.74, 6) is 0.715. The van der Waals surface area contributed by atoms with Crippen molar-refractivity contribution in [2.75, 3.05) is 4.90 Å². The van der Waals surface area contributed by atoms with Crippen LogP contribution in [0.15, 0.2) is 188 Å². The molecule has 0 radical (unpaired) electrons. The largest absolute Gasteiger partial charge is 0.310 e. The van der Waals surface area contributed by atoms with Gasteiger partial charge in [-0.05, 0) is 140 Å². The lowest BCUT2D eigenvalue weighted by Crippen LogP contribution is -2.16. The number of hydrogen-bond donors (Lipinski definition) is 0. The summed E-state index contributed by atoms with van der Waals surface area (Å²) in [7, 11) is 0. The molecule has 59 heavy (non-hydrogen) atoms. The summed E-state index contributed by atoms with van der Waals surface area (Å²) >= 11 is 0. The number of benzene rings is 8. The molecule has 0 unspecified atom stereocenters. The number of aryl methyl sites for hydroxylation is 1. The molecule has 1 fully saturated rings. The zero-order valence-corrected chi connectivity index (χ0v) is 34.5. The molecule has 10 rings (SSSR count). The van der Waals surface area contributed by atoms with E-state index in [2.05, 4.69) is 214 Å². The van der Waals surface area contributed by atoms with Crippen LogP contribution in [-0.4, -0.2) is 0 Å². The van der Waals surface area contributed by atoms with Gasteiger partial charge in [-0.15, -0.1) is 0 Å². The topological polar surface area (TPSA) is 3.24 Å². The number of anilines is 3. The number of fused-ring (bicyclic) bond motifs is 3. The van der Waals surface area contributed by atoms with Crippen LogP contribution in [0.1, 0.15) is 74.1 Å². The van der Waals surface area contributed by atoms with Gasteiger partial charge in [-0.1, -0.05) is 185 Å². The standard InChI is InChI=1S/C58H51N/c1-40-15-14-24-55-57(40)54-38-37-49(39-56(54)58(55,2)3)59(47-33-29-44(30-34-47)43-27-25-42(26-28-43)41-16-6-4-7-17-41)48-35-31-46(32-36-48)51-21-11-13-23-53(51)52-22-12-10-20-50(52)45-18-8-5-9-19-45/h5,8-15,18-39,41H,4,6-7,16-17H2,1-3H3. The van der Waals surface area contributed by atoms with Crippen molar-refractivity contribution in [2.24, 2.45) is 0 Å². The van der Waals surface area contributed by atoms with Crippen molar-refractivity contribution in [1.29, 1.82) is 0 Å². The lowest BCUT2D eigenvalue weighted by atomic mass is 9.82. The summed E-state index contributed by atoms with van der Waals surface area (Å²) in [5.41, 5.74) is 21.6. The lowest BCUT2D eigenvalue weighted by molar-refractivity contribution is 0.443. The van der Waals surface area contributed by atoms with Crippen LogP contribution in [-0.2, 0) is 5.41 Å². The Labute approximate surface area is 350 Å². The Kier molecular flexibility index (Phi) is 9.61. The van der Waals surface area contributed by atoms with E-state index in [9.17, 15) is 0 Å². The van der Waals surface area contributed by atoms with Crippen LogP contribution in [0, 0.1) is 6.92 Å². The minimum absolute atomic E-state index is 0.102. The van der Waals surface area contributed by atoms with Gasteiger partial charge in [0, 0.05) is 22.5 Å². The Hall–Kier alpha value is -6.44. The number of rotatable bonds is 8. The minimum atomic E-state index is -0.102. The molecule has 0 heterocycles. The Morgan fingerprint density at radius 3 is 1.53 bits per heavy atom. The van der Waals surface area contributed by atoms with E-state index in [4.69, 9.17) is 0 Å². The Morgan fingerprint density at radius 2 is 0.915 bits per heavy atom. The van der Waals surface area contributed by atoms with Gasteiger partial charge >= 0.3 is 0 Å². The predicted octanol–water partition coefficient (Wildman–Crippen LogP) is 16.5. The van der Waals surface area contributed by atoms with Gasteiger partial charge in [0.2, 0.25) is 0 Å². The van der Waals surface area contributed by atoms with Crippen molar-refractivity contribution in [2.45, 2.75) is 64.2 Å². The third-order valence-electron chi connectivity index (χ3n) is 13.3. The molecule has 8 aromatic carbocycles. The minimum Gasteiger partial charge on any atom is -0.310 e. The third kappa shape index (κ3) is 6.79. The molecule has 2 aliphatic rings. The summed E-state index contributed by atoms with van der Waals surface area (Å²) < 4.78 is 0. The maximum atomic E-state index is 2.44. The fourth-order valence-electron chi connectivity index (χ4n) is 10.1. The van der Waals surface area contributed by atoms with E-state index in [-0.39, 0.29) is 5.41 Å². The highest BCUT2D eigenvalue weighted by molar-refractivity contribution is 5.92. The maximum absolute atomic E-state index is 2.44. The van der Waals surface area contributed by atoms with Crippen LogP contribution in [0.25, 0.3) is 55.6 Å². The van der Waals surface area contributed by atoms with Gasteiger partial charge in [0.1, 0.15) is 0 Å². The van der Waals surface area contributed by atoms with Crippen molar-refractivity contribution in [3.63, 3.8) is 0 Å². The quantitative estimate of drug-likeness (QED) is 0.149. The first-order valence-electron chi connectivity index (χ1n) is 21.5. The van der Waals surface area contributed by atoms with E-state index >= 15 is 0 Å². The molecule has 0 saturated heterocycles. The summed E-state index contributed by atoms with van der Waals surface area (Å²) in [6.45, 7) is 7.00. The van der Waals surface area contributed by atoms with Gasteiger partial charge in [-0.2, -0.15) is 0 Å². The van der Waals surface area contributed by atoms with E-state index in [1.54, 1.807) is 0 Å². The summed E-state index contributed by atoms with van der Waals surface area (Å²) in [6.07, 6.45) is 6.75. The molecule has 0 amide bonds. The smallest absolute Gasteiger partial charge is 0.0465 e. The van der Waals surface area contributed by atoms with Gasteiger partial charge in [0.05, 0.1) is 0 Å². The van der Waals surface area contributed by atoms with Crippen molar-refractivity contribution in [3.8, 4) is 55.6 Å². The van der Waals surface area contributed by atoms with Crippen molar-refractivity contribution >= 4 is 17.1 Å². The normalized spacial score (nSPS) is 14.4. The fraction of sp³-hybridized carbons (Fsp3) is 0.172. The maximum Gasteiger partial charge on any atom is 0.0465 e. The first-order valence-corrected chi connectivity index (χ1v) is 21.5. The fourth-order valence-corrected chi connectivity index (χ4v) is 10.1. The third-order valence-corrected chi connectivity index (χ3v) is 13.3. The van der Waals surface area contributed by atoms with E-state index < -0.39 is 0 Å². The van der Waals surface area contributed by atoms with Crippen LogP contribution in [0.2, 0.25) is 0 Å². The second kappa shape index (κ2) is 15.4. The number of nitrogens with zero attached hydrogens (tertiary/aromatic N) is 1.